The lowest BCUT2D eigenvalue weighted by Gasteiger charge is -2.32. The predicted octanol–water partition coefficient (Wildman–Crippen LogP) is 3.61. The Morgan fingerprint density at radius 2 is 1.41 bits per heavy atom. The molecule has 0 saturated carbocycles. The van der Waals surface area contributed by atoms with Crippen LogP contribution in [0.1, 0.15) is 47.6 Å². The Bertz CT molecular complexity index is 446. The molecule has 0 bridgehead atoms. The molecule has 2 N–H and O–H groups in total. The van der Waals surface area contributed by atoms with Gasteiger partial charge >= 0.3 is 11.9 Å². The van der Waals surface area contributed by atoms with Crippen molar-refractivity contribution in [1.29, 1.82) is 0 Å². The van der Waals surface area contributed by atoms with Gasteiger partial charge in [0.1, 0.15) is 0 Å². The van der Waals surface area contributed by atoms with Crippen molar-refractivity contribution in [3.63, 3.8) is 0 Å². The molecular weight excluding hydrogens is 284 g/mol. The highest BCUT2D eigenvalue weighted by Gasteiger charge is 2.50. The van der Waals surface area contributed by atoms with Crippen LogP contribution in [0.25, 0.3) is 0 Å². The van der Waals surface area contributed by atoms with Crippen LogP contribution in [-0.2, 0) is 20.7 Å². The Labute approximate surface area is 132 Å². The van der Waals surface area contributed by atoms with Gasteiger partial charge in [-0.3, -0.25) is 0 Å². The summed E-state index contributed by atoms with van der Waals surface area (Å²) >= 11 is 0. The molecule has 5 nitrogen and oxygen atoms in total. The van der Waals surface area contributed by atoms with Gasteiger partial charge in [-0.2, -0.15) is 0 Å². The van der Waals surface area contributed by atoms with Crippen LogP contribution in [0.4, 0.5) is 0 Å². The molecule has 1 rings (SSSR count). The molecule has 1 aromatic rings. The van der Waals surface area contributed by atoms with E-state index in [2.05, 4.69) is 0 Å². The topological polar surface area (TPSA) is 83.8 Å². The number of aliphatic carboxylic acids is 2. The van der Waals surface area contributed by atoms with Gasteiger partial charge in [0.2, 0.25) is 0 Å². The lowest BCUT2D eigenvalue weighted by Crippen LogP contribution is -2.54. The average Bonchev–Trinajstić information content (AvgIpc) is 2.39. The van der Waals surface area contributed by atoms with Crippen LogP contribution in [0, 0.1) is 0 Å². The number of carboxylic acid groups (broad SMARTS) is 2. The zero-order chi connectivity index (χ0) is 16.7. The summed E-state index contributed by atoms with van der Waals surface area (Å²) in [6.07, 6.45) is -0.226. The summed E-state index contributed by atoms with van der Waals surface area (Å²) in [4.78, 5) is 22.9. The highest BCUT2D eigenvalue weighted by molar-refractivity contribution is 6.02. The summed E-state index contributed by atoms with van der Waals surface area (Å²) in [6.45, 7) is 8.87. The van der Waals surface area contributed by atoms with E-state index in [1.165, 1.54) is 0 Å². The zero-order valence-corrected chi connectivity index (χ0v) is 13.2. The fourth-order valence-corrected chi connectivity index (χ4v) is 1.77. The molecule has 0 amide bonds. The second-order valence-corrected chi connectivity index (χ2v) is 5.31. The number of benzene rings is 1. The molecule has 5 heteroatoms. The lowest BCUT2D eigenvalue weighted by atomic mass is 9.93. The van der Waals surface area contributed by atoms with E-state index in [0.29, 0.717) is 5.56 Å². The van der Waals surface area contributed by atoms with Gasteiger partial charge < -0.3 is 14.9 Å². The molecule has 0 saturated heterocycles. The number of rotatable bonds is 5. The number of carbonyl (C=O) groups is 2. The first-order valence-electron chi connectivity index (χ1n) is 6.88. The van der Waals surface area contributed by atoms with Crippen molar-refractivity contribution >= 4 is 11.9 Å². The molecule has 0 heterocycles. The summed E-state index contributed by atoms with van der Waals surface area (Å²) in [7, 11) is 0. The predicted molar refractivity (Wildman–Crippen MR) is 87.1 cm³/mol. The van der Waals surface area contributed by atoms with Crippen LogP contribution in [0.5, 0.6) is 0 Å². The Kier molecular flexibility index (Phi) is 9.37. The molecule has 0 fully saturated rings. The lowest BCUT2D eigenvalue weighted by molar-refractivity contribution is -0.199. The largest absolute Gasteiger partial charge is 0.479 e. The van der Waals surface area contributed by atoms with E-state index >= 15 is 0 Å². The molecule has 0 atom stereocenters. The van der Waals surface area contributed by atoms with E-state index in [9.17, 15) is 19.8 Å². The Morgan fingerprint density at radius 3 is 1.73 bits per heavy atom. The maximum Gasteiger partial charge on any atom is 0.348 e. The standard InChI is InChI=1S/C14H18O5.C2H6.CH4/c1-13(2,3)19-14(11(15)16,12(17)18)9-10-7-5-4-6-8-10;1-2;/h4-8H,9H2,1-3H3,(H,15,16)(H,17,18);1-2H3;1H4. The molecule has 0 aromatic heterocycles. The maximum atomic E-state index is 11.4. The van der Waals surface area contributed by atoms with Crippen LogP contribution in [-0.4, -0.2) is 33.4 Å². The minimum absolute atomic E-state index is 0. The summed E-state index contributed by atoms with van der Waals surface area (Å²) in [5.74, 6) is -3.00. The van der Waals surface area contributed by atoms with Gasteiger partial charge in [0, 0.05) is 6.42 Å². The van der Waals surface area contributed by atoms with Gasteiger partial charge in [-0.15, -0.1) is 0 Å². The van der Waals surface area contributed by atoms with E-state index < -0.39 is 23.1 Å². The second kappa shape index (κ2) is 9.20. The molecule has 22 heavy (non-hydrogen) atoms. The van der Waals surface area contributed by atoms with Crippen molar-refractivity contribution < 1.29 is 24.5 Å². The first kappa shape index (κ1) is 22.4. The van der Waals surface area contributed by atoms with Gasteiger partial charge in [0.15, 0.2) is 0 Å². The van der Waals surface area contributed by atoms with Crippen molar-refractivity contribution in [3.05, 3.63) is 35.9 Å². The van der Waals surface area contributed by atoms with Crippen molar-refractivity contribution in [1.82, 2.24) is 0 Å². The number of hydrogen-bond donors (Lipinski definition) is 2. The minimum Gasteiger partial charge on any atom is -0.479 e. The highest BCUT2D eigenvalue weighted by atomic mass is 16.6. The maximum absolute atomic E-state index is 11.4. The zero-order valence-electron chi connectivity index (χ0n) is 13.2. The first-order chi connectivity index (χ1) is 9.67. The van der Waals surface area contributed by atoms with Gasteiger partial charge in [-0.05, 0) is 26.3 Å². The minimum atomic E-state index is -2.28. The summed E-state index contributed by atoms with van der Waals surface area (Å²) < 4.78 is 5.35. The van der Waals surface area contributed by atoms with Crippen LogP contribution in [0.2, 0.25) is 0 Å². The van der Waals surface area contributed by atoms with E-state index in [1.54, 1.807) is 51.1 Å². The number of ether oxygens (including phenoxy) is 1. The first-order valence-corrected chi connectivity index (χ1v) is 6.88. The van der Waals surface area contributed by atoms with E-state index in [-0.39, 0.29) is 13.8 Å². The summed E-state index contributed by atoms with van der Waals surface area (Å²) in [5, 5.41) is 18.6. The van der Waals surface area contributed by atoms with Crippen molar-refractivity contribution in [2.24, 2.45) is 0 Å². The van der Waals surface area contributed by atoms with Crippen molar-refractivity contribution in [3.8, 4) is 0 Å². The highest BCUT2D eigenvalue weighted by Crippen LogP contribution is 2.25. The van der Waals surface area contributed by atoms with E-state index in [1.807, 2.05) is 13.8 Å². The third-order valence-corrected chi connectivity index (χ3v) is 2.47. The smallest absolute Gasteiger partial charge is 0.348 e. The molecule has 0 unspecified atom stereocenters. The van der Waals surface area contributed by atoms with Crippen molar-refractivity contribution in [2.75, 3.05) is 0 Å². The summed E-state index contributed by atoms with van der Waals surface area (Å²) in [6, 6.07) is 8.57. The summed E-state index contributed by atoms with van der Waals surface area (Å²) in [5.41, 5.74) is -2.57. The number of hydrogen-bond acceptors (Lipinski definition) is 3. The third-order valence-electron chi connectivity index (χ3n) is 2.47. The van der Waals surface area contributed by atoms with Crippen LogP contribution in [0.15, 0.2) is 30.3 Å². The Balaban J connectivity index is 0. The monoisotopic (exact) mass is 312 g/mol. The van der Waals surface area contributed by atoms with E-state index in [4.69, 9.17) is 4.74 Å². The Hall–Kier alpha value is -1.88. The fourth-order valence-electron chi connectivity index (χ4n) is 1.77. The number of carboxylic acids is 2. The molecular formula is C17H28O5. The van der Waals surface area contributed by atoms with Crippen molar-refractivity contribution in [2.45, 2.75) is 59.7 Å². The van der Waals surface area contributed by atoms with Gasteiger partial charge in [-0.25, -0.2) is 9.59 Å². The molecule has 1 aromatic carbocycles. The second-order valence-electron chi connectivity index (χ2n) is 5.31. The van der Waals surface area contributed by atoms with Gasteiger partial charge in [0.05, 0.1) is 5.60 Å². The van der Waals surface area contributed by atoms with Gasteiger partial charge in [-0.1, -0.05) is 51.6 Å². The van der Waals surface area contributed by atoms with Gasteiger partial charge in [0.25, 0.3) is 5.60 Å². The van der Waals surface area contributed by atoms with E-state index in [0.717, 1.165) is 0 Å². The fraction of sp³-hybridized carbons (Fsp3) is 0.529. The molecule has 0 aliphatic carbocycles. The molecule has 0 aliphatic heterocycles. The van der Waals surface area contributed by atoms with Crippen LogP contribution < -0.4 is 0 Å². The third kappa shape index (κ3) is 6.26. The quantitative estimate of drug-likeness (QED) is 0.811. The molecule has 0 spiro atoms. The van der Waals surface area contributed by atoms with Crippen LogP contribution in [0.3, 0.4) is 0 Å². The molecule has 0 aliphatic rings. The molecule has 126 valence electrons. The molecule has 0 radical (unpaired) electrons. The van der Waals surface area contributed by atoms with Crippen LogP contribution >= 0.6 is 0 Å². The normalized spacial score (nSPS) is 10.8. The average molecular weight is 312 g/mol. The SMILES string of the molecule is C.CC.CC(C)(C)OC(Cc1ccccc1)(C(=O)O)C(=O)O. The Morgan fingerprint density at radius 1 is 1.00 bits per heavy atom.